The summed E-state index contributed by atoms with van der Waals surface area (Å²) in [4.78, 5) is 10.3. The summed E-state index contributed by atoms with van der Waals surface area (Å²) < 4.78 is 4.89. The number of hydrogen-bond donors (Lipinski definition) is 3. The molecule has 0 bridgehead atoms. The fourth-order valence-electron chi connectivity index (χ4n) is 0.974. The van der Waals surface area contributed by atoms with Gasteiger partial charge in [-0.25, -0.2) is 10.2 Å². The lowest BCUT2D eigenvalue weighted by Gasteiger charge is -2.04. The number of nitrogens with one attached hydrogen (secondary N) is 1. The summed E-state index contributed by atoms with van der Waals surface area (Å²) in [5.74, 6) is 0.285. The van der Waals surface area contributed by atoms with E-state index in [0.29, 0.717) is 11.3 Å². The van der Waals surface area contributed by atoms with Gasteiger partial charge in [-0.15, -0.1) is 0 Å². The number of nitrogens with zero attached hydrogens (tertiary/aromatic N) is 1. The number of urea groups is 1. The van der Waals surface area contributed by atoms with Crippen molar-refractivity contribution in [1.82, 2.24) is 5.43 Å². The van der Waals surface area contributed by atoms with Crippen LogP contribution in [-0.4, -0.2) is 24.5 Å². The Kier molecular flexibility index (Phi) is 3.50. The second kappa shape index (κ2) is 4.85. The van der Waals surface area contributed by atoms with Gasteiger partial charge in [-0.2, -0.15) is 5.10 Å². The molecule has 0 saturated carbocycles. The summed E-state index contributed by atoms with van der Waals surface area (Å²) in [6.07, 6.45) is 1.27. The van der Waals surface area contributed by atoms with Crippen LogP contribution in [0, 0.1) is 0 Å². The zero-order valence-corrected chi connectivity index (χ0v) is 8.10. The predicted octanol–water partition coefficient (Wildman–Crippen LogP) is 0.403. The van der Waals surface area contributed by atoms with Crippen molar-refractivity contribution in [3.05, 3.63) is 23.8 Å². The Morgan fingerprint density at radius 1 is 1.67 bits per heavy atom. The smallest absolute Gasteiger partial charge is 0.332 e. The molecule has 15 heavy (non-hydrogen) atoms. The molecule has 0 radical (unpaired) electrons. The molecule has 0 aromatic heterocycles. The molecular formula is C9H11N3O3. The summed E-state index contributed by atoms with van der Waals surface area (Å²) in [7, 11) is 1.44. The van der Waals surface area contributed by atoms with Crippen LogP contribution in [0.3, 0.4) is 0 Å². The van der Waals surface area contributed by atoms with Gasteiger partial charge >= 0.3 is 6.03 Å². The standard InChI is InChI=1S/C9H11N3O3/c1-15-7-4-2-3-6(8(7)13)5-11-12-9(10)14/h2-5,13H,1H3,(H3,10,12,14)/b11-5-. The van der Waals surface area contributed by atoms with Crippen molar-refractivity contribution >= 4 is 12.2 Å². The van der Waals surface area contributed by atoms with Crippen molar-refractivity contribution in [2.45, 2.75) is 0 Å². The van der Waals surface area contributed by atoms with Gasteiger partial charge in [0.25, 0.3) is 0 Å². The molecule has 1 aromatic rings. The van der Waals surface area contributed by atoms with Crippen molar-refractivity contribution in [3.63, 3.8) is 0 Å². The number of amides is 2. The topological polar surface area (TPSA) is 96.9 Å². The van der Waals surface area contributed by atoms with Gasteiger partial charge in [0.15, 0.2) is 11.5 Å². The van der Waals surface area contributed by atoms with E-state index in [9.17, 15) is 9.90 Å². The molecule has 1 rings (SSSR count). The zero-order chi connectivity index (χ0) is 11.3. The lowest BCUT2D eigenvalue weighted by atomic mass is 10.2. The molecule has 0 fully saturated rings. The van der Waals surface area contributed by atoms with Gasteiger partial charge in [0.1, 0.15) is 0 Å². The molecule has 4 N–H and O–H groups in total. The van der Waals surface area contributed by atoms with Crippen molar-refractivity contribution in [2.24, 2.45) is 10.8 Å². The quantitative estimate of drug-likeness (QED) is 0.496. The van der Waals surface area contributed by atoms with Crippen molar-refractivity contribution in [1.29, 1.82) is 0 Å². The largest absolute Gasteiger partial charge is 0.504 e. The molecule has 1 aromatic carbocycles. The number of hydrazone groups is 1. The highest BCUT2D eigenvalue weighted by atomic mass is 16.5. The van der Waals surface area contributed by atoms with E-state index in [0.717, 1.165) is 0 Å². The van der Waals surface area contributed by atoms with Crippen LogP contribution in [0.5, 0.6) is 11.5 Å². The minimum atomic E-state index is -0.770. The van der Waals surface area contributed by atoms with E-state index >= 15 is 0 Å². The monoisotopic (exact) mass is 209 g/mol. The van der Waals surface area contributed by atoms with Crippen LogP contribution in [-0.2, 0) is 0 Å². The van der Waals surface area contributed by atoms with Crippen molar-refractivity contribution in [3.8, 4) is 11.5 Å². The van der Waals surface area contributed by atoms with Gasteiger partial charge in [-0.3, -0.25) is 0 Å². The Labute approximate surface area is 86.4 Å². The van der Waals surface area contributed by atoms with Crippen LogP contribution in [0.4, 0.5) is 4.79 Å². The second-order valence-corrected chi connectivity index (χ2v) is 2.63. The van der Waals surface area contributed by atoms with Gasteiger partial charge in [0.2, 0.25) is 0 Å². The first-order chi connectivity index (χ1) is 7.15. The van der Waals surface area contributed by atoms with E-state index in [1.165, 1.54) is 13.3 Å². The lowest BCUT2D eigenvalue weighted by molar-refractivity contribution is 0.249. The number of rotatable bonds is 3. The minimum absolute atomic E-state index is 0.0463. The normalized spacial score (nSPS) is 10.2. The van der Waals surface area contributed by atoms with E-state index in [1.807, 2.05) is 5.43 Å². The number of hydrogen-bond acceptors (Lipinski definition) is 4. The highest BCUT2D eigenvalue weighted by molar-refractivity contribution is 5.85. The number of methoxy groups -OCH3 is 1. The number of phenolic OH excluding ortho intramolecular Hbond substituents is 1. The predicted molar refractivity (Wildman–Crippen MR) is 55.0 cm³/mol. The number of nitrogens with two attached hydrogens (primary N) is 1. The summed E-state index contributed by atoms with van der Waals surface area (Å²) >= 11 is 0. The molecule has 0 atom stereocenters. The third kappa shape index (κ3) is 2.87. The summed E-state index contributed by atoms with van der Waals surface area (Å²) in [5, 5.41) is 13.1. The molecule has 80 valence electrons. The highest BCUT2D eigenvalue weighted by Gasteiger charge is 2.04. The van der Waals surface area contributed by atoms with Gasteiger partial charge in [0, 0.05) is 5.56 Å². The third-order valence-electron chi connectivity index (χ3n) is 1.63. The van der Waals surface area contributed by atoms with Crippen LogP contribution in [0.15, 0.2) is 23.3 Å². The van der Waals surface area contributed by atoms with E-state index < -0.39 is 6.03 Å². The molecule has 0 heterocycles. The number of primary amides is 1. The first-order valence-corrected chi connectivity index (χ1v) is 4.09. The SMILES string of the molecule is COc1cccc(/C=N\NC(N)=O)c1O. The first kappa shape index (κ1) is 10.8. The number of carbonyl (C=O) groups excluding carboxylic acids is 1. The lowest BCUT2D eigenvalue weighted by Crippen LogP contribution is -2.24. The molecule has 2 amide bonds. The molecule has 0 saturated heterocycles. The third-order valence-corrected chi connectivity index (χ3v) is 1.63. The number of aromatic hydroxyl groups is 1. The van der Waals surface area contributed by atoms with Crippen molar-refractivity contribution < 1.29 is 14.6 Å². The fraction of sp³-hybridized carbons (Fsp3) is 0.111. The van der Waals surface area contributed by atoms with Gasteiger partial charge in [0.05, 0.1) is 13.3 Å². The second-order valence-electron chi connectivity index (χ2n) is 2.63. The van der Waals surface area contributed by atoms with Crippen LogP contribution < -0.4 is 15.9 Å². The average molecular weight is 209 g/mol. The zero-order valence-electron chi connectivity index (χ0n) is 8.10. The van der Waals surface area contributed by atoms with Crippen molar-refractivity contribution in [2.75, 3.05) is 7.11 Å². The first-order valence-electron chi connectivity index (χ1n) is 4.09. The summed E-state index contributed by atoms with van der Waals surface area (Å²) in [5.41, 5.74) is 7.23. The average Bonchev–Trinajstić information content (AvgIpc) is 2.20. The molecule has 6 nitrogen and oxygen atoms in total. The maximum Gasteiger partial charge on any atom is 0.332 e. The van der Waals surface area contributed by atoms with Gasteiger partial charge in [-0.1, -0.05) is 6.07 Å². The summed E-state index contributed by atoms with van der Waals surface area (Å²) in [6, 6.07) is 4.14. The fourth-order valence-corrected chi connectivity index (χ4v) is 0.974. The molecule has 0 spiro atoms. The van der Waals surface area contributed by atoms with E-state index in [-0.39, 0.29) is 5.75 Å². The molecule has 0 aliphatic rings. The Morgan fingerprint density at radius 2 is 2.40 bits per heavy atom. The maximum atomic E-state index is 10.3. The molecule has 0 unspecified atom stereocenters. The number of carbonyl (C=O) groups is 1. The van der Waals surface area contributed by atoms with E-state index in [4.69, 9.17) is 10.5 Å². The van der Waals surface area contributed by atoms with Crippen LogP contribution >= 0.6 is 0 Å². The van der Waals surface area contributed by atoms with E-state index in [1.54, 1.807) is 18.2 Å². The summed E-state index contributed by atoms with van der Waals surface area (Å²) in [6.45, 7) is 0. The van der Waals surface area contributed by atoms with Gasteiger partial charge < -0.3 is 15.6 Å². The highest BCUT2D eigenvalue weighted by Crippen LogP contribution is 2.27. The number of para-hydroxylation sites is 1. The molecule has 6 heteroatoms. The van der Waals surface area contributed by atoms with Crippen LogP contribution in [0.1, 0.15) is 5.56 Å². The number of benzene rings is 1. The Bertz CT molecular complexity index is 390. The number of phenols is 1. The minimum Gasteiger partial charge on any atom is -0.504 e. The molecule has 0 aliphatic carbocycles. The Morgan fingerprint density at radius 3 is 3.00 bits per heavy atom. The maximum absolute atomic E-state index is 10.3. The van der Waals surface area contributed by atoms with Crippen LogP contribution in [0.25, 0.3) is 0 Å². The molecular weight excluding hydrogens is 198 g/mol. The van der Waals surface area contributed by atoms with Crippen LogP contribution in [0.2, 0.25) is 0 Å². The molecule has 0 aliphatic heterocycles. The number of ether oxygens (including phenoxy) is 1. The van der Waals surface area contributed by atoms with E-state index in [2.05, 4.69) is 5.10 Å². The Hall–Kier alpha value is -2.24. The van der Waals surface area contributed by atoms with Gasteiger partial charge in [-0.05, 0) is 12.1 Å². The Balaban J connectivity index is 2.85.